The molecule has 1 aliphatic carbocycles. The molecule has 0 aliphatic heterocycles. The zero-order chi connectivity index (χ0) is 14.0. The van der Waals surface area contributed by atoms with E-state index in [0.717, 1.165) is 28.9 Å². The van der Waals surface area contributed by atoms with Crippen molar-refractivity contribution in [3.63, 3.8) is 0 Å². The molecule has 19 heavy (non-hydrogen) atoms. The van der Waals surface area contributed by atoms with Crippen molar-refractivity contribution in [3.05, 3.63) is 28.5 Å². The maximum absolute atomic E-state index is 6.54. The zero-order valence-corrected chi connectivity index (χ0v) is 14.3. The van der Waals surface area contributed by atoms with Gasteiger partial charge in [-0.25, -0.2) is 0 Å². The van der Waals surface area contributed by atoms with Crippen molar-refractivity contribution in [2.24, 2.45) is 17.3 Å². The third-order valence-corrected chi connectivity index (χ3v) is 5.42. The maximum atomic E-state index is 6.54. The summed E-state index contributed by atoms with van der Waals surface area (Å²) in [4.78, 5) is 4.49. The Kier molecular flexibility index (Phi) is 4.94. The average molecular weight is 345 g/mol. The summed E-state index contributed by atoms with van der Waals surface area (Å²) in [5.41, 5.74) is 1.55. The Balaban J connectivity index is 2.03. The molecule has 0 aromatic carbocycles. The predicted octanol–water partition coefficient (Wildman–Crippen LogP) is 5.46. The van der Waals surface area contributed by atoms with E-state index >= 15 is 0 Å². The number of alkyl halides is 1. The highest BCUT2D eigenvalue weighted by Gasteiger charge is 2.35. The first kappa shape index (κ1) is 15.3. The first-order valence-electron chi connectivity index (χ1n) is 7.11. The third kappa shape index (κ3) is 4.19. The smallest absolute Gasteiger partial charge is 0.0413 e. The number of hydrogen-bond donors (Lipinski definition) is 0. The summed E-state index contributed by atoms with van der Waals surface area (Å²) >= 11 is 9.97. The summed E-state index contributed by atoms with van der Waals surface area (Å²) < 4.78 is 1.04. The van der Waals surface area contributed by atoms with E-state index in [4.69, 9.17) is 11.6 Å². The lowest BCUT2D eigenvalue weighted by Crippen LogP contribution is -2.33. The summed E-state index contributed by atoms with van der Waals surface area (Å²) in [5, 5.41) is 0.309. The molecule has 1 aromatic rings. The topological polar surface area (TPSA) is 12.9 Å². The lowest BCUT2D eigenvalue weighted by molar-refractivity contribution is 0.143. The van der Waals surface area contributed by atoms with Crippen molar-refractivity contribution in [2.75, 3.05) is 0 Å². The van der Waals surface area contributed by atoms with Gasteiger partial charge in [-0.3, -0.25) is 4.98 Å². The van der Waals surface area contributed by atoms with Crippen molar-refractivity contribution in [3.8, 4) is 0 Å². The molecule has 0 spiro atoms. The Morgan fingerprint density at radius 1 is 1.32 bits per heavy atom. The van der Waals surface area contributed by atoms with Crippen molar-refractivity contribution >= 4 is 27.5 Å². The average Bonchev–Trinajstić information content (AvgIpc) is 2.33. The van der Waals surface area contributed by atoms with Crippen molar-refractivity contribution in [1.29, 1.82) is 0 Å². The van der Waals surface area contributed by atoms with Crippen LogP contribution in [-0.4, -0.2) is 10.4 Å². The van der Waals surface area contributed by atoms with E-state index in [1.807, 2.05) is 6.20 Å². The van der Waals surface area contributed by atoms with Gasteiger partial charge in [-0.2, -0.15) is 0 Å². The lowest BCUT2D eigenvalue weighted by atomic mass is 9.68. The van der Waals surface area contributed by atoms with E-state index in [9.17, 15) is 0 Å². The second kappa shape index (κ2) is 6.13. The molecule has 3 heteroatoms. The minimum atomic E-state index is 0.309. The molecule has 1 fully saturated rings. The van der Waals surface area contributed by atoms with Crippen LogP contribution in [0.25, 0.3) is 0 Å². The van der Waals surface area contributed by atoms with Crippen LogP contribution in [0.5, 0.6) is 0 Å². The van der Waals surface area contributed by atoms with Crippen LogP contribution in [0.1, 0.15) is 45.7 Å². The number of nitrogens with zero attached hydrogens (tertiary/aromatic N) is 1. The molecule has 0 N–H and O–H groups in total. The van der Waals surface area contributed by atoms with Gasteiger partial charge in [0.05, 0.1) is 0 Å². The molecule has 3 unspecified atom stereocenters. The van der Waals surface area contributed by atoms with Crippen molar-refractivity contribution in [2.45, 2.75) is 51.8 Å². The van der Waals surface area contributed by atoms with E-state index in [2.05, 4.69) is 53.8 Å². The second-order valence-electron chi connectivity index (χ2n) is 6.82. The molecule has 1 saturated carbocycles. The van der Waals surface area contributed by atoms with Gasteiger partial charge in [0, 0.05) is 21.7 Å². The Morgan fingerprint density at radius 3 is 2.63 bits per heavy atom. The minimum absolute atomic E-state index is 0.309. The Bertz CT molecular complexity index is 410. The maximum Gasteiger partial charge on any atom is 0.0413 e. The Hall–Kier alpha value is -0.0800. The van der Waals surface area contributed by atoms with Gasteiger partial charge in [-0.05, 0) is 71.0 Å². The molecule has 0 bridgehead atoms. The molecule has 1 aromatic heterocycles. The molecule has 2 rings (SSSR count). The Morgan fingerprint density at radius 2 is 2.05 bits per heavy atom. The van der Waals surface area contributed by atoms with Crippen LogP contribution in [0.4, 0.5) is 0 Å². The highest BCUT2D eigenvalue weighted by molar-refractivity contribution is 9.10. The molecule has 1 nitrogen and oxygen atoms in total. The molecule has 0 amide bonds. The van der Waals surface area contributed by atoms with E-state index in [0.29, 0.717) is 16.7 Å². The molecule has 0 radical (unpaired) electrons. The van der Waals surface area contributed by atoms with Gasteiger partial charge in [0.25, 0.3) is 0 Å². The summed E-state index contributed by atoms with van der Waals surface area (Å²) in [6.45, 7) is 7.05. The standard InChI is InChI=1S/C16H23BrClN/c1-16(2,3)12-4-7-15(18)11(8-12)9-14-6-5-13(17)10-19-14/h5-6,10-12,15H,4,7-9H2,1-3H3. The van der Waals surface area contributed by atoms with Gasteiger partial charge in [-0.15, -0.1) is 11.6 Å². The summed E-state index contributed by atoms with van der Waals surface area (Å²) in [6.07, 6.45) is 6.53. The summed E-state index contributed by atoms with van der Waals surface area (Å²) in [5.74, 6) is 1.34. The molecule has 106 valence electrons. The SMILES string of the molecule is CC(C)(C)C1CCC(Cl)C(Cc2ccc(Br)cn2)C1. The summed E-state index contributed by atoms with van der Waals surface area (Å²) in [7, 11) is 0. The first-order valence-corrected chi connectivity index (χ1v) is 8.33. The number of pyridine rings is 1. The number of halogens is 2. The fraction of sp³-hybridized carbons (Fsp3) is 0.688. The molecule has 0 saturated heterocycles. The van der Waals surface area contributed by atoms with Crippen molar-refractivity contribution in [1.82, 2.24) is 4.98 Å². The fourth-order valence-electron chi connectivity index (χ4n) is 3.02. The van der Waals surface area contributed by atoms with E-state index in [-0.39, 0.29) is 0 Å². The van der Waals surface area contributed by atoms with Crippen LogP contribution in [0.2, 0.25) is 0 Å². The summed E-state index contributed by atoms with van der Waals surface area (Å²) in [6, 6.07) is 4.17. The highest BCUT2D eigenvalue weighted by Crippen LogP contribution is 2.42. The van der Waals surface area contributed by atoms with Gasteiger partial charge < -0.3 is 0 Å². The quantitative estimate of drug-likeness (QED) is 0.649. The number of aromatic nitrogens is 1. The van der Waals surface area contributed by atoms with E-state index in [1.165, 1.54) is 12.8 Å². The molecular formula is C16H23BrClN. The molecule has 1 aliphatic rings. The van der Waals surface area contributed by atoms with Gasteiger partial charge in [0.1, 0.15) is 0 Å². The Labute approximate surface area is 130 Å². The van der Waals surface area contributed by atoms with E-state index < -0.39 is 0 Å². The zero-order valence-electron chi connectivity index (χ0n) is 12.0. The highest BCUT2D eigenvalue weighted by atomic mass is 79.9. The molecular weight excluding hydrogens is 322 g/mol. The normalized spacial score (nSPS) is 28.4. The van der Waals surface area contributed by atoms with Gasteiger partial charge in [0.15, 0.2) is 0 Å². The second-order valence-corrected chi connectivity index (χ2v) is 8.30. The lowest BCUT2D eigenvalue weighted by Gasteiger charge is -2.40. The van der Waals surface area contributed by atoms with Crippen LogP contribution in [0, 0.1) is 17.3 Å². The van der Waals surface area contributed by atoms with Crippen LogP contribution in [0.15, 0.2) is 22.8 Å². The van der Waals surface area contributed by atoms with Crippen LogP contribution in [0.3, 0.4) is 0 Å². The first-order chi connectivity index (χ1) is 8.86. The van der Waals surface area contributed by atoms with Crippen LogP contribution in [-0.2, 0) is 6.42 Å². The molecule has 1 heterocycles. The monoisotopic (exact) mass is 343 g/mol. The molecule has 3 atom stereocenters. The van der Waals surface area contributed by atoms with Gasteiger partial charge in [0.2, 0.25) is 0 Å². The van der Waals surface area contributed by atoms with Gasteiger partial charge >= 0.3 is 0 Å². The largest absolute Gasteiger partial charge is 0.260 e. The number of rotatable bonds is 2. The fourth-order valence-corrected chi connectivity index (χ4v) is 3.57. The van der Waals surface area contributed by atoms with Crippen LogP contribution >= 0.6 is 27.5 Å². The van der Waals surface area contributed by atoms with Crippen molar-refractivity contribution < 1.29 is 0 Å². The third-order valence-electron chi connectivity index (χ3n) is 4.37. The van der Waals surface area contributed by atoms with Crippen LogP contribution < -0.4 is 0 Å². The number of hydrogen-bond acceptors (Lipinski definition) is 1. The van der Waals surface area contributed by atoms with Gasteiger partial charge in [-0.1, -0.05) is 20.8 Å². The predicted molar refractivity (Wildman–Crippen MR) is 85.6 cm³/mol. The minimum Gasteiger partial charge on any atom is -0.260 e. The van der Waals surface area contributed by atoms with E-state index in [1.54, 1.807) is 0 Å².